The van der Waals surface area contributed by atoms with E-state index in [-0.39, 0.29) is 24.1 Å². The Hall–Kier alpha value is -2.45. The molecule has 1 aromatic rings. The predicted octanol–water partition coefficient (Wildman–Crippen LogP) is 0.0982. The van der Waals surface area contributed by atoms with Crippen LogP contribution < -0.4 is 16.4 Å². The fourth-order valence-electron chi connectivity index (χ4n) is 5.17. The number of hydrogen-bond acceptors (Lipinski definition) is 4. The highest BCUT2D eigenvalue weighted by Gasteiger charge is 2.74. The molecule has 4 amide bonds. The van der Waals surface area contributed by atoms with Crippen LogP contribution in [0.1, 0.15) is 39.2 Å². The Morgan fingerprint density at radius 1 is 1.28 bits per heavy atom. The lowest BCUT2D eigenvalue weighted by molar-refractivity contribution is -0.734. The number of nitrogens with zero attached hydrogens (tertiary/aromatic N) is 1. The van der Waals surface area contributed by atoms with Crippen molar-refractivity contribution in [1.82, 2.24) is 4.90 Å². The molecule has 0 saturated carbocycles. The fourth-order valence-corrected chi connectivity index (χ4v) is 5.34. The van der Waals surface area contributed by atoms with Crippen LogP contribution in [0.2, 0.25) is 5.02 Å². The number of carbonyl (C=O) groups is 4. The third-order valence-corrected chi connectivity index (χ3v) is 6.46. The van der Waals surface area contributed by atoms with E-state index in [1.807, 2.05) is 0 Å². The average molecular weight is 420 g/mol. The number of primary amides is 1. The minimum atomic E-state index is -1.29. The van der Waals surface area contributed by atoms with Gasteiger partial charge in [-0.15, -0.1) is 0 Å². The van der Waals surface area contributed by atoms with E-state index in [9.17, 15) is 19.2 Å². The third kappa shape index (κ3) is 2.69. The second-order valence-corrected chi connectivity index (χ2v) is 9.47. The van der Waals surface area contributed by atoms with Crippen LogP contribution >= 0.6 is 11.6 Å². The number of anilines is 1. The van der Waals surface area contributed by atoms with Gasteiger partial charge in [0.05, 0.1) is 5.69 Å². The molecule has 0 unspecified atom stereocenters. The van der Waals surface area contributed by atoms with Crippen LogP contribution in [0.5, 0.6) is 0 Å². The summed E-state index contributed by atoms with van der Waals surface area (Å²) in [5, 5.41) is 5.06. The van der Waals surface area contributed by atoms with Gasteiger partial charge in [-0.1, -0.05) is 11.6 Å². The Balaban J connectivity index is 1.88. The number of likely N-dealkylation sites (tertiary alicyclic amines) is 1. The highest BCUT2D eigenvalue weighted by molar-refractivity contribution is 6.31. The molecule has 29 heavy (non-hydrogen) atoms. The van der Waals surface area contributed by atoms with Crippen molar-refractivity contribution in [1.29, 1.82) is 0 Å². The fraction of sp³-hybridized carbons (Fsp3) is 0.500. The zero-order valence-electron chi connectivity index (χ0n) is 16.5. The standard InChI is InChI=1S/C20H23ClN4O4/c1-19(2,3)25-16(27)14-12(6-7-13(22)26)24-20(15(14)17(25)28)10-8-9(21)4-5-11(10)23-18(20)29/h4-5,8,12,14-15,24H,6-7H2,1-3H3,(H2,22,26)(H,23,29)/p+1/t12-,14-,15+,20+/m1/s1. The first kappa shape index (κ1) is 19.8. The molecule has 2 saturated heterocycles. The van der Waals surface area contributed by atoms with Gasteiger partial charge in [0.1, 0.15) is 17.9 Å². The van der Waals surface area contributed by atoms with Crippen LogP contribution in [-0.4, -0.2) is 40.1 Å². The van der Waals surface area contributed by atoms with Gasteiger partial charge < -0.3 is 16.4 Å². The molecule has 4 rings (SSSR count). The summed E-state index contributed by atoms with van der Waals surface area (Å²) in [6, 6.07) is 4.62. The van der Waals surface area contributed by atoms with Crippen molar-refractivity contribution in [2.45, 2.75) is 50.7 Å². The Labute approximate surface area is 173 Å². The zero-order chi connectivity index (χ0) is 21.3. The first-order valence-corrected chi connectivity index (χ1v) is 10.00. The molecule has 8 nitrogen and oxygen atoms in total. The van der Waals surface area contributed by atoms with Crippen LogP contribution in [0.25, 0.3) is 0 Å². The van der Waals surface area contributed by atoms with E-state index >= 15 is 0 Å². The molecule has 3 aliphatic heterocycles. The maximum Gasteiger partial charge on any atom is 0.291 e. The molecular formula is C20H24ClN4O4+. The van der Waals surface area contributed by atoms with E-state index in [1.54, 1.807) is 44.3 Å². The van der Waals surface area contributed by atoms with E-state index in [2.05, 4.69) is 5.32 Å². The molecule has 3 aliphatic rings. The number of hydrogen-bond donors (Lipinski definition) is 3. The zero-order valence-corrected chi connectivity index (χ0v) is 17.2. The first-order valence-electron chi connectivity index (χ1n) is 9.62. The summed E-state index contributed by atoms with van der Waals surface area (Å²) in [4.78, 5) is 52.7. The maximum absolute atomic E-state index is 13.5. The van der Waals surface area contributed by atoms with Crippen molar-refractivity contribution in [2.24, 2.45) is 17.6 Å². The Morgan fingerprint density at radius 2 is 1.97 bits per heavy atom. The first-order chi connectivity index (χ1) is 13.5. The third-order valence-electron chi connectivity index (χ3n) is 6.23. The van der Waals surface area contributed by atoms with Crippen LogP contribution in [0, 0.1) is 11.8 Å². The van der Waals surface area contributed by atoms with Gasteiger partial charge in [0.15, 0.2) is 0 Å². The summed E-state index contributed by atoms with van der Waals surface area (Å²) in [5.41, 5.74) is 4.49. The molecule has 0 radical (unpaired) electrons. The number of benzene rings is 1. The number of amides is 4. The molecule has 1 aromatic carbocycles. The number of halogens is 1. The second kappa shape index (κ2) is 6.27. The monoisotopic (exact) mass is 419 g/mol. The quantitative estimate of drug-likeness (QED) is 0.600. The second-order valence-electron chi connectivity index (χ2n) is 9.03. The Bertz CT molecular complexity index is 956. The Morgan fingerprint density at radius 3 is 2.59 bits per heavy atom. The van der Waals surface area contributed by atoms with Gasteiger partial charge in [0.2, 0.25) is 23.3 Å². The molecular weight excluding hydrogens is 396 g/mol. The van der Waals surface area contributed by atoms with Crippen LogP contribution in [0.4, 0.5) is 5.69 Å². The summed E-state index contributed by atoms with van der Waals surface area (Å²) >= 11 is 6.20. The molecule has 0 bridgehead atoms. The van der Waals surface area contributed by atoms with E-state index in [4.69, 9.17) is 17.3 Å². The van der Waals surface area contributed by atoms with Gasteiger partial charge in [0.25, 0.3) is 5.91 Å². The van der Waals surface area contributed by atoms with Crippen LogP contribution in [0.3, 0.4) is 0 Å². The van der Waals surface area contributed by atoms with Gasteiger partial charge in [-0.05, 0) is 39.0 Å². The van der Waals surface area contributed by atoms with E-state index in [1.165, 1.54) is 4.90 Å². The summed E-state index contributed by atoms with van der Waals surface area (Å²) in [6.45, 7) is 5.37. The van der Waals surface area contributed by atoms with E-state index in [0.29, 0.717) is 22.7 Å². The van der Waals surface area contributed by atoms with Crippen molar-refractivity contribution >= 4 is 40.9 Å². The number of fused-ring (bicyclic) bond motifs is 4. The van der Waals surface area contributed by atoms with E-state index < -0.39 is 34.9 Å². The topological polar surface area (TPSA) is 126 Å². The highest BCUT2D eigenvalue weighted by Crippen LogP contribution is 2.51. The molecule has 1 spiro atoms. The Kier molecular flexibility index (Phi) is 4.29. The summed E-state index contributed by atoms with van der Waals surface area (Å²) in [6.07, 6.45) is 0.375. The SMILES string of the molecule is CC(C)(C)N1C(=O)[C@H]2[C@@H](C1=O)[C@]1([NH2+][C@@H]2CCC(N)=O)C(=O)Nc2ccc(Cl)cc21. The molecule has 2 fully saturated rings. The molecule has 0 aliphatic carbocycles. The molecule has 0 aromatic heterocycles. The van der Waals surface area contributed by atoms with Gasteiger partial charge in [-0.3, -0.25) is 24.1 Å². The van der Waals surface area contributed by atoms with Crippen LogP contribution in [0.15, 0.2) is 18.2 Å². The van der Waals surface area contributed by atoms with Crippen molar-refractivity contribution < 1.29 is 24.5 Å². The lowest BCUT2D eigenvalue weighted by Gasteiger charge is -2.33. The lowest BCUT2D eigenvalue weighted by Crippen LogP contribution is -2.99. The van der Waals surface area contributed by atoms with Gasteiger partial charge in [0, 0.05) is 29.0 Å². The molecule has 4 atom stereocenters. The summed E-state index contributed by atoms with van der Waals surface area (Å²) in [5.74, 6) is -3.09. The van der Waals surface area contributed by atoms with E-state index in [0.717, 1.165) is 0 Å². The average Bonchev–Trinajstić information content (AvgIpc) is 3.18. The number of imide groups is 1. The van der Waals surface area contributed by atoms with Gasteiger partial charge in [-0.2, -0.15) is 0 Å². The number of nitrogens with one attached hydrogen (secondary N) is 1. The minimum Gasteiger partial charge on any atom is -0.370 e. The number of nitrogens with two attached hydrogens (primary N) is 2. The number of rotatable bonds is 3. The van der Waals surface area contributed by atoms with Crippen molar-refractivity contribution in [3.05, 3.63) is 28.8 Å². The highest BCUT2D eigenvalue weighted by atomic mass is 35.5. The molecule has 9 heteroatoms. The lowest BCUT2D eigenvalue weighted by atomic mass is 9.76. The smallest absolute Gasteiger partial charge is 0.291 e. The minimum absolute atomic E-state index is 0.0709. The van der Waals surface area contributed by atoms with Crippen LogP contribution in [-0.2, 0) is 24.7 Å². The predicted molar refractivity (Wildman–Crippen MR) is 104 cm³/mol. The van der Waals surface area contributed by atoms with Gasteiger partial charge in [-0.25, -0.2) is 0 Å². The molecule has 154 valence electrons. The summed E-state index contributed by atoms with van der Waals surface area (Å²) < 4.78 is 0. The largest absolute Gasteiger partial charge is 0.370 e. The van der Waals surface area contributed by atoms with Crippen molar-refractivity contribution in [2.75, 3.05) is 5.32 Å². The molecule has 3 heterocycles. The summed E-state index contributed by atoms with van der Waals surface area (Å²) in [7, 11) is 0. The number of carbonyl (C=O) groups excluding carboxylic acids is 4. The molecule has 5 N–H and O–H groups in total. The van der Waals surface area contributed by atoms with Crippen molar-refractivity contribution in [3.8, 4) is 0 Å². The normalized spacial score (nSPS) is 30.7. The number of quaternary nitrogens is 1. The van der Waals surface area contributed by atoms with Crippen molar-refractivity contribution in [3.63, 3.8) is 0 Å². The maximum atomic E-state index is 13.5. The van der Waals surface area contributed by atoms with Gasteiger partial charge >= 0.3 is 0 Å².